The van der Waals surface area contributed by atoms with Crippen molar-refractivity contribution in [3.63, 3.8) is 0 Å². The van der Waals surface area contributed by atoms with Crippen LogP contribution in [0.2, 0.25) is 0 Å². The normalized spacial score (nSPS) is 11.4. The van der Waals surface area contributed by atoms with Gasteiger partial charge in [0.25, 0.3) is 0 Å². The molecule has 0 amide bonds. The van der Waals surface area contributed by atoms with Crippen LogP contribution in [0.15, 0.2) is 18.2 Å². The van der Waals surface area contributed by atoms with Crippen LogP contribution in [-0.4, -0.2) is 15.6 Å². The third-order valence-corrected chi connectivity index (χ3v) is 3.93. The molecule has 2 aromatic rings. The van der Waals surface area contributed by atoms with Crippen molar-refractivity contribution in [1.29, 1.82) is 0 Å². The fourth-order valence-corrected chi connectivity index (χ4v) is 2.97. The van der Waals surface area contributed by atoms with Crippen LogP contribution in [0.25, 0.3) is 10.9 Å². The largest absolute Gasteiger partial charge is 0.478 e. The van der Waals surface area contributed by atoms with E-state index in [0.717, 1.165) is 30.3 Å². The third-order valence-electron chi connectivity index (χ3n) is 3.93. The molecule has 0 aliphatic carbocycles. The van der Waals surface area contributed by atoms with Crippen molar-refractivity contribution in [2.24, 2.45) is 0 Å². The Balaban J connectivity index is 2.69. The van der Waals surface area contributed by atoms with Gasteiger partial charge in [-0.25, -0.2) is 4.79 Å². The molecule has 0 saturated carbocycles. The number of rotatable bonds is 5. The molecule has 0 unspecified atom stereocenters. The molecule has 1 N–H and O–H groups in total. The number of nitrogens with zero attached hydrogens (tertiary/aromatic N) is 1. The minimum atomic E-state index is -0.861. The summed E-state index contributed by atoms with van der Waals surface area (Å²) in [6, 6.07) is 5.48. The summed E-state index contributed by atoms with van der Waals surface area (Å²) in [5.41, 5.74) is 4.07. The van der Waals surface area contributed by atoms with Crippen LogP contribution in [0.4, 0.5) is 0 Å². The first-order valence-corrected chi connectivity index (χ1v) is 7.33. The summed E-state index contributed by atoms with van der Waals surface area (Å²) in [4.78, 5) is 11.2. The molecule has 0 aliphatic rings. The molecular weight excluding hydrogens is 250 g/mol. The first-order chi connectivity index (χ1) is 9.47. The Morgan fingerprint density at radius 1 is 1.35 bits per heavy atom. The van der Waals surface area contributed by atoms with Crippen molar-refractivity contribution in [1.82, 2.24) is 4.57 Å². The Morgan fingerprint density at radius 2 is 2.05 bits per heavy atom. The minimum Gasteiger partial charge on any atom is -0.478 e. The molecule has 0 fully saturated rings. The predicted octanol–water partition coefficient (Wildman–Crippen LogP) is 4.57. The fourth-order valence-electron chi connectivity index (χ4n) is 2.97. The lowest BCUT2D eigenvalue weighted by molar-refractivity contribution is 0.0697. The zero-order chi connectivity index (χ0) is 14.9. The highest BCUT2D eigenvalue weighted by Crippen LogP contribution is 2.32. The van der Waals surface area contributed by atoms with Crippen LogP contribution in [0, 0.1) is 6.92 Å². The van der Waals surface area contributed by atoms with E-state index in [-0.39, 0.29) is 0 Å². The van der Waals surface area contributed by atoms with E-state index in [1.165, 1.54) is 11.3 Å². The van der Waals surface area contributed by atoms with Crippen LogP contribution >= 0.6 is 0 Å². The quantitative estimate of drug-likeness (QED) is 0.867. The lowest BCUT2D eigenvalue weighted by Crippen LogP contribution is -2.01. The Hall–Kier alpha value is -1.77. The van der Waals surface area contributed by atoms with Crippen molar-refractivity contribution in [2.45, 2.75) is 53.0 Å². The maximum absolute atomic E-state index is 11.2. The molecule has 3 nitrogen and oxygen atoms in total. The average Bonchev–Trinajstić information content (AvgIpc) is 2.67. The number of carboxylic acids is 1. The van der Waals surface area contributed by atoms with E-state index in [2.05, 4.69) is 32.3 Å². The number of unbranched alkanes of at least 4 members (excludes halogenated alkanes) is 1. The van der Waals surface area contributed by atoms with Gasteiger partial charge in [-0.15, -0.1) is 0 Å². The molecule has 1 aromatic heterocycles. The Labute approximate surface area is 120 Å². The molecule has 0 spiro atoms. The molecule has 0 atom stereocenters. The second-order valence-corrected chi connectivity index (χ2v) is 5.70. The Kier molecular flexibility index (Phi) is 4.17. The molecule has 0 radical (unpaired) electrons. The van der Waals surface area contributed by atoms with E-state index in [0.29, 0.717) is 11.5 Å². The van der Waals surface area contributed by atoms with Crippen molar-refractivity contribution < 1.29 is 9.90 Å². The summed E-state index contributed by atoms with van der Waals surface area (Å²) in [7, 11) is 0. The van der Waals surface area contributed by atoms with Crippen molar-refractivity contribution in [3.8, 4) is 0 Å². The summed E-state index contributed by atoms with van der Waals surface area (Å²) in [5, 5.41) is 10.3. The summed E-state index contributed by atoms with van der Waals surface area (Å²) < 4.78 is 2.33. The Bertz CT molecular complexity index is 638. The molecule has 0 bridgehead atoms. The van der Waals surface area contributed by atoms with Crippen LogP contribution < -0.4 is 0 Å². The number of aromatic carboxylic acids is 1. The topological polar surface area (TPSA) is 42.2 Å². The number of benzene rings is 1. The maximum Gasteiger partial charge on any atom is 0.335 e. The Morgan fingerprint density at radius 3 is 2.60 bits per heavy atom. The van der Waals surface area contributed by atoms with E-state index >= 15 is 0 Å². The molecule has 0 aliphatic heterocycles. The van der Waals surface area contributed by atoms with E-state index in [1.807, 2.05) is 12.1 Å². The molecule has 108 valence electrons. The number of aryl methyl sites for hydroxylation is 1. The summed E-state index contributed by atoms with van der Waals surface area (Å²) in [6.07, 6.45) is 2.30. The first-order valence-electron chi connectivity index (χ1n) is 7.33. The van der Waals surface area contributed by atoms with E-state index in [9.17, 15) is 9.90 Å². The third kappa shape index (κ3) is 2.45. The molecule has 2 rings (SSSR count). The van der Waals surface area contributed by atoms with Crippen LogP contribution in [0.5, 0.6) is 0 Å². The van der Waals surface area contributed by atoms with Gasteiger partial charge in [0.2, 0.25) is 0 Å². The van der Waals surface area contributed by atoms with E-state index < -0.39 is 5.97 Å². The number of carboxylic acid groups (broad SMARTS) is 1. The van der Waals surface area contributed by atoms with Crippen molar-refractivity contribution in [3.05, 3.63) is 35.0 Å². The smallest absolute Gasteiger partial charge is 0.335 e. The lowest BCUT2D eigenvalue weighted by Gasteiger charge is -2.09. The first kappa shape index (κ1) is 14.6. The average molecular weight is 273 g/mol. The van der Waals surface area contributed by atoms with Crippen LogP contribution in [0.3, 0.4) is 0 Å². The van der Waals surface area contributed by atoms with E-state index in [4.69, 9.17) is 0 Å². The highest BCUT2D eigenvalue weighted by molar-refractivity contribution is 5.95. The van der Waals surface area contributed by atoms with Crippen LogP contribution in [-0.2, 0) is 6.54 Å². The second-order valence-electron chi connectivity index (χ2n) is 5.70. The second kappa shape index (κ2) is 5.70. The van der Waals surface area contributed by atoms with Gasteiger partial charge in [-0.1, -0.05) is 27.2 Å². The fraction of sp³-hybridized carbons (Fsp3) is 0.471. The number of hydrogen-bond donors (Lipinski definition) is 1. The SMILES string of the molecule is CCCCn1c(C)c(C(C)C)c2cc(C(=O)O)ccc21. The van der Waals surface area contributed by atoms with Crippen molar-refractivity contribution >= 4 is 16.9 Å². The predicted molar refractivity (Wildman–Crippen MR) is 82.6 cm³/mol. The summed E-state index contributed by atoms with van der Waals surface area (Å²) >= 11 is 0. The molecule has 20 heavy (non-hydrogen) atoms. The summed E-state index contributed by atoms with van der Waals surface area (Å²) in [5.74, 6) is -0.468. The van der Waals surface area contributed by atoms with Gasteiger partial charge in [0.15, 0.2) is 0 Å². The molecular formula is C17H23NO2. The van der Waals surface area contributed by atoms with Gasteiger partial charge in [0, 0.05) is 23.1 Å². The highest BCUT2D eigenvalue weighted by Gasteiger charge is 2.17. The molecule has 3 heteroatoms. The van der Waals surface area contributed by atoms with Gasteiger partial charge in [-0.3, -0.25) is 0 Å². The van der Waals surface area contributed by atoms with Crippen molar-refractivity contribution in [2.75, 3.05) is 0 Å². The number of aromatic nitrogens is 1. The van der Waals surface area contributed by atoms with Gasteiger partial charge < -0.3 is 9.67 Å². The van der Waals surface area contributed by atoms with Gasteiger partial charge >= 0.3 is 5.97 Å². The highest BCUT2D eigenvalue weighted by atomic mass is 16.4. The monoisotopic (exact) mass is 273 g/mol. The molecule has 1 aromatic carbocycles. The zero-order valence-electron chi connectivity index (χ0n) is 12.7. The number of fused-ring (bicyclic) bond motifs is 1. The molecule has 1 heterocycles. The van der Waals surface area contributed by atoms with Gasteiger partial charge in [-0.2, -0.15) is 0 Å². The number of carbonyl (C=O) groups is 1. The van der Waals surface area contributed by atoms with Crippen LogP contribution in [0.1, 0.15) is 61.1 Å². The maximum atomic E-state index is 11.2. The molecule has 0 saturated heterocycles. The van der Waals surface area contributed by atoms with Gasteiger partial charge in [0.1, 0.15) is 0 Å². The zero-order valence-corrected chi connectivity index (χ0v) is 12.7. The standard InChI is InChI=1S/C17H23NO2/c1-5-6-9-18-12(4)16(11(2)3)14-10-13(17(19)20)7-8-15(14)18/h7-8,10-11H,5-6,9H2,1-4H3,(H,19,20). The lowest BCUT2D eigenvalue weighted by atomic mass is 9.99. The number of hydrogen-bond acceptors (Lipinski definition) is 1. The van der Waals surface area contributed by atoms with Gasteiger partial charge in [0.05, 0.1) is 5.56 Å². The summed E-state index contributed by atoms with van der Waals surface area (Å²) in [6.45, 7) is 9.66. The van der Waals surface area contributed by atoms with Gasteiger partial charge in [-0.05, 0) is 43.0 Å². The van der Waals surface area contributed by atoms with E-state index in [1.54, 1.807) is 6.07 Å². The minimum absolute atomic E-state index is 0.368.